The molecule has 3 rings (SSSR count). The van der Waals surface area contributed by atoms with E-state index in [0.717, 1.165) is 89.2 Å². The quantitative estimate of drug-likeness (QED) is 0.220. The van der Waals surface area contributed by atoms with Gasteiger partial charge in [0.15, 0.2) is 11.8 Å². The number of ether oxygens (including phenoxy) is 3. The Morgan fingerprint density at radius 3 is 2.90 bits per heavy atom. The molecule has 2 aliphatic heterocycles. The molecule has 0 aromatic carbocycles. The van der Waals surface area contributed by atoms with E-state index >= 15 is 0 Å². The van der Waals surface area contributed by atoms with Crippen molar-refractivity contribution in [1.82, 2.24) is 25.4 Å². The van der Waals surface area contributed by atoms with E-state index in [1.807, 2.05) is 4.68 Å². The van der Waals surface area contributed by atoms with Crippen LogP contribution >= 0.6 is 24.0 Å². The number of hydrogen-bond donors (Lipinski definition) is 2. The highest BCUT2D eigenvalue weighted by Gasteiger charge is 2.22. The first kappa shape index (κ1) is 24.3. The van der Waals surface area contributed by atoms with Crippen molar-refractivity contribution in [3.8, 4) is 0 Å². The molecule has 0 amide bonds. The molecule has 1 aromatic heterocycles. The Hall–Kier alpha value is -0.980. The minimum absolute atomic E-state index is 0. The number of nitrogens with zero attached hydrogens (tertiary/aromatic N) is 4. The summed E-state index contributed by atoms with van der Waals surface area (Å²) in [4.78, 5) is 9.24. The van der Waals surface area contributed by atoms with Gasteiger partial charge in [-0.3, -0.25) is 4.99 Å². The molecule has 1 unspecified atom stereocenters. The summed E-state index contributed by atoms with van der Waals surface area (Å²) < 4.78 is 18.4. The molecule has 0 aliphatic carbocycles. The number of guanidine groups is 1. The van der Waals surface area contributed by atoms with E-state index in [1.54, 1.807) is 7.11 Å². The summed E-state index contributed by atoms with van der Waals surface area (Å²) in [7, 11) is 1.66. The molecule has 3 heterocycles. The number of fused-ring (bicyclic) bond motifs is 1. The lowest BCUT2D eigenvalue weighted by atomic mass is 10.1. The van der Waals surface area contributed by atoms with Crippen molar-refractivity contribution in [3.05, 3.63) is 11.6 Å². The summed E-state index contributed by atoms with van der Waals surface area (Å²) in [5.41, 5.74) is 0. The predicted octanol–water partition coefficient (Wildman–Crippen LogP) is 1.50. The molecule has 1 atom stereocenters. The molecular weight excluding hydrogens is 487 g/mol. The van der Waals surface area contributed by atoms with Crippen LogP contribution in [-0.4, -0.2) is 72.9 Å². The zero-order valence-corrected chi connectivity index (χ0v) is 19.9. The second-order valence-electron chi connectivity index (χ2n) is 7.24. The molecule has 1 saturated heterocycles. The average molecular weight is 522 g/mol. The van der Waals surface area contributed by atoms with E-state index in [9.17, 15) is 0 Å². The van der Waals surface area contributed by atoms with Crippen LogP contribution in [0.15, 0.2) is 4.99 Å². The van der Waals surface area contributed by atoms with Crippen LogP contribution in [0.4, 0.5) is 0 Å². The van der Waals surface area contributed by atoms with Crippen molar-refractivity contribution in [2.24, 2.45) is 4.99 Å². The molecule has 1 fully saturated rings. The van der Waals surface area contributed by atoms with Gasteiger partial charge in [0, 0.05) is 52.5 Å². The summed E-state index contributed by atoms with van der Waals surface area (Å²) in [6.45, 7) is 7.31. The lowest BCUT2D eigenvalue weighted by molar-refractivity contribution is -0.0318. The molecule has 29 heavy (non-hydrogen) atoms. The van der Waals surface area contributed by atoms with Crippen LogP contribution in [0.25, 0.3) is 0 Å². The fraction of sp³-hybridized carbons (Fsp3) is 0.842. The summed E-state index contributed by atoms with van der Waals surface area (Å²) in [6.07, 6.45) is 5.21. The maximum atomic E-state index is 5.92. The first-order valence-electron chi connectivity index (χ1n) is 10.4. The Morgan fingerprint density at radius 1 is 1.31 bits per heavy atom. The highest BCUT2D eigenvalue weighted by Crippen LogP contribution is 2.13. The van der Waals surface area contributed by atoms with Crippen LogP contribution in [0.5, 0.6) is 0 Å². The lowest BCUT2D eigenvalue weighted by Gasteiger charge is -2.25. The van der Waals surface area contributed by atoms with Crippen LogP contribution in [0.1, 0.15) is 44.3 Å². The van der Waals surface area contributed by atoms with E-state index in [0.29, 0.717) is 18.8 Å². The van der Waals surface area contributed by atoms with Crippen LogP contribution in [-0.2, 0) is 33.8 Å². The summed E-state index contributed by atoms with van der Waals surface area (Å²) >= 11 is 0. The van der Waals surface area contributed by atoms with E-state index in [-0.39, 0.29) is 24.0 Å². The third-order valence-electron chi connectivity index (χ3n) is 4.95. The molecule has 2 aliphatic rings. The summed E-state index contributed by atoms with van der Waals surface area (Å²) in [6, 6.07) is 0.292. The van der Waals surface area contributed by atoms with Gasteiger partial charge in [0.1, 0.15) is 12.4 Å². The minimum Gasteiger partial charge on any atom is -0.381 e. The van der Waals surface area contributed by atoms with Crippen molar-refractivity contribution in [3.63, 3.8) is 0 Å². The number of methoxy groups -OCH3 is 1. The first-order chi connectivity index (χ1) is 13.8. The monoisotopic (exact) mass is 522 g/mol. The molecule has 9 nitrogen and oxygen atoms in total. The number of aryl methyl sites for hydroxylation is 1. The van der Waals surface area contributed by atoms with Crippen LogP contribution in [0, 0.1) is 0 Å². The number of hydrogen-bond acceptors (Lipinski definition) is 6. The smallest absolute Gasteiger partial charge is 0.191 e. The second kappa shape index (κ2) is 13.3. The van der Waals surface area contributed by atoms with Crippen molar-refractivity contribution < 1.29 is 14.2 Å². The molecular formula is C19H35IN6O3. The molecule has 166 valence electrons. The van der Waals surface area contributed by atoms with Gasteiger partial charge in [-0.05, 0) is 32.6 Å². The van der Waals surface area contributed by atoms with Crippen molar-refractivity contribution in [2.45, 2.75) is 64.3 Å². The van der Waals surface area contributed by atoms with Gasteiger partial charge in [0.05, 0.1) is 12.6 Å². The number of aliphatic imine (C=N–C) groups is 1. The highest BCUT2D eigenvalue weighted by atomic mass is 127. The fourth-order valence-corrected chi connectivity index (χ4v) is 3.53. The number of nitrogens with one attached hydrogen (secondary N) is 2. The lowest BCUT2D eigenvalue weighted by Crippen LogP contribution is -2.47. The Balaban J connectivity index is 0.00000300. The molecule has 2 N–H and O–H groups in total. The van der Waals surface area contributed by atoms with Crippen molar-refractivity contribution in [2.75, 3.05) is 40.0 Å². The van der Waals surface area contributed by atoms with Gasteiger partial charge in [-0.25, -0.2) is 9.67 Å². The number of rotatable bonds is 9. The van der Waals surface area contributed by atoms with Gasteiger partial charge in [-0.1, -0.05) is 0 Å². The minimum atomic E-state index is 0. The third kappa shape index (κ3) is 7.99. The van der Waals surface area contributed by atoms with Gasteiger partial charge in [0.2, 0.25) is 0 Å². The summed E-state index contributed by atoms with van der Waals surface area (Å²) in [5.74, 6) is 2.65. The van der Waals surface area contributed by atoms with E-state index < -0.39 is 0 Å². The maximum Gasteiger partial charge on any atom is 0.191 e. The topological polar surface area (TPSA) is 94.8 Å². The third-order valence-corrected chi connectivity index (χ3v) is 4.95. The molecule has 0 saturated carbocycles. The Labute approximate surface area is 190 Å². The van der Waals surface area contributed by atoms with Crippen LogP contribution in [0.2, 0.25) is 0 Å². The molecule has 0 radical (unpaired) electrons. The normalized spacial score (nSPS) is 20.1. The SMILES string of the molecule is CCNC(=NCCCOC1CCOCC1)NC1CCc2nc(COC)nn2C1.I. The van der Waals surface area contributed by atoms with E-state index in [1.165, 1.54) is 0 Å². The molecule has 0 spiro atoms. The van der Waals surface area contributed by atoms with Gasteiger partial charge in [-0.2, -0.15) is 5.10 Å². The zero-order valence-electron chi connectivity index (χ0n) is 17.6. The Kier molecular flexibility index (Phi) is 11.2. The van der Waals surface area contributed by atoms with Gasteiger partial charge < -0.3 is 24.8 Å². The van der Waals surface area contributed by atoms with Crippen LogP contribution < -0.4 is 10.6 Å². The number of halogens is 1. The Morgan fingerprint density at radius 2 is 2.14 bits per heavy atom. The zero-order chi connectivity index (χ0) is 19.6. The van der Waals surface area contributed by atoms with Gasteiger partial charge in [-0.15, -0.1) is 24.0 Å². The molecule has 1 aromatic rings. The second-order valence-corrected chi connectivity index (χ2v) is 7.24. The van der Waals surface area contributed by atoms with Gasteiger partial charge >= 0.3 is 0 Å². The van der Waals surface area contributed by atoms with E-state index in [2.05, 4.69) is 27.6 Å². The maximum absolute atomic E-state index is 5.92. The van der Waals surface area contributed by atoms with Crippen LogP contribution in [0.3, 0.4) is 0 Å². The molecule has 10 heteroatoms. The number of aromatic nitrogens is 3. The Bertz CT molecular complexity index is 621. The predicted molar refractivity (Wildman–Crippen MR) is 122 cm³/mol. The fourth-order valence-electron chi connectivity index (χ4n) is 3.53. The van der Waals surface area contributed by atoms with E-state index in [4.69, 9.17) is 19.2 Å². The van der Waals surface area contributed by atoms with Crippen molar-refractivity contribution >= 4 is 29.9 Å². The average Bonchev–Trinajstić information content (AvgIpc) is 3.10. The summed E-state index contributed by atoms with van der Waals surface area (Å²) in [5, 5.41) is 11.4. The standard InChI is InChI=1S/C19H34N6O3.HI/c1-3-20-19(21-9-4-10-28-16-7-11-27-12-8-16)22-15-5-6-18-23-17(14-26-2)24-25(18)13-15;/h15-16H,3-14H2,1-2H3,(H2,20,21,22);1H. The largest absolute Gasteiger partial charge is 0.381 e. The van der Waals surface area contributed by atoms with Gasteiger partial charge in [0.25, 0.3) is 0 Å². The highest BCUT2D eigenvalue weighted by molar-refractivity contribution is 14.0. The first-order valence-corrected chi connectivity index (χ1v) is 10.4. The van der Waals surface area contributed by atoms with Crippen molar-refractivity contribution in [1.29, 1.82) is 0 Å². The molecule has 0 bridgehead atoms.